The molecular formula is C22H20N4O2S. The SMILES string of the molecule is Cc1oc(-c2ccccc2)nc1C(=O)Nc1nnc(-c2ccc(C(C)C)cc2)s1. The number of hydrogen-bond acceptors (Lipinski definition) is 6. The van der Waals surface area contributed by atoms with Crippen molar-refractivity contribution < 1.29 is 9.21 Å². The summed E-state index contributed by atoms with van der Waals surface area (Å²) in [4.78, 5) is 17.0. The molecule has 2 aromatic heterocycles. The van der Waals surface area contributed by atoms with Crippen molar-refractivity contribution in [3.8, 4) is 22.0 Å². The molecule has 0 radical (unpaired) electrons. The first-order chi connectivity index (χ1) is 14.0. The Balaban J connectivity index is 1.50. The van der Waals surface area contributed by atoms with Gasteiger partial charge in [-0.25, -0.2) is 4.98 Å². The lowest BCUT2D eigenvalue weighted by Crippen LogP contribution is -2.13. The molecule has 0 fully saturated rings. The number of hydrogen-bond donors (Lipinski definition) is 1. The number of aryl methyl sites for hydroxylation is 1. The summed E-state index contributed by atoms with van der Waals surface area (Å²) < 4.78 is 5.66. The van der Waals surface area contributed by atoms with Gasteiger partial charge in [-0.2, -0.15) is 0 Å². The van der Waals surface area contributed by atoms with E-state index >= 15 is 0 Å². The molecule has 0 aliphatic carbocycles. The van der Waals surface area contributed by atoms with E-state index in [1.807, 2.05) is 42.5 Å². The third-order valence-electron chi connectivity index (χ3n) is 4.50. The van der Waals surface area contributed by atoms with Gasteiger partial charge in [0.2, 0.25) is 11.0 Å². The fourth-order valence-corrected chi connectivity index (χ4v) is 3.61. The van der Waals surface area contributed by atoms with Crippen molar-refractivity contribution in [2.45, 2.75) is 26.7 Å². The summed E-state index contributed by atoms with van der Waals surface area (Å²) in [6.45, 7) is 6.03. The molecule has 0 bridgehead atoms. The number of benzene rings is 2. The van der Waals surface area contributed by atoms with Gasteiger partial charge in [0, 0.05) is 11.1 Å². The van der Waals surface area contributed by atoms with Crippen molar-refractivity contribution in [3.05, 3.63) is 71.6 Å². The topological polar surface area (TPSA) is 80.9 Å². The standard InChI is InChI=1S/C22H20N4O2S/c1-13(2)15-9-11-17(12-10-15)21-25-26-22(29-21)24-19(27)18-14(3)28-20(23-18)16-7-5-4-6-8-16/h4-13H,1-3H3,(H,24,26,27). The van der Waals surface area contributed by atoms with Crippen LogP contribution >= 0.6 is 11.3 Å². The van der Waals surface area contributed by atoms with Crippen LogP contribution in [-0.2, 0) is 0 Å². The van der Waals surface area contributed by atoms with Crippen LogP contribution in [0.1, 0.15) is 41.6 Å². The molecule has 7 heteroatoms. The van der Waals surface area contributed by atoms with Crippen molar-refractivity contribution in [2.24, 2.45) is 0 Å². The van der Waals surface area contributed by atoms with Crippen LogP contribution in [0.4, 0.5) is 5.13 Å². The van der Waals surface area contributed by atoms with Crippen molar-refractivity contribution in [3.63, 3.8) is 0 Å². The summed E-state index contributed by atoms with van der Waals surface area (Å²) in [5.41, 5.74) is 3.29. The molecule has 0 saturated heterocycles. The number of carbonyl (C=O) groups is 1. The van der Waals surface area contributed by atoms with Crippen molar-refractivity contribution in [1.82, 2.24) is 15.2 Å². The third kappa shape index (κ3) is 4.09. The molecule has 1 amide bonds. The minimum Gasteiger partial charge on any atom is -0.441 e. The summed E-state index contributed by atoms with van der Waals surface area (Å²) >= 11 is 1.32. The molecule has 29 heavy (non-hydrogen) atoms. The zero-order valence-corrected chi connectivity index (χ0v) is 17.2. The van der Waals surface area contributed by atoms with Gasteiger partial charge >= 0.3 is 0 Å². The Labute approximate surface area is 172 Å². The minimum atomic E-state index is -0.369. The lowest BCUT2D eigenvalue weighted by molar-refractivity contribution is 0.102. The zero-order valence-electron chi connectivity index (χ0n) is 16.3. The van der Waals surface area contributed by atoms with Crippen LogP contribution in [0.25, 0.3) is 22.0 Å². The molecule has 0 aliphatic rings. The van der Waals surface area contributed by atoms with Gasteiger partial charge in [-0.3, -0.25) is 10.1 Å². The Kier molecular flexibility index (Phi) is 5.22. The monoisotopic (exact) mass is 404 g/mol. The first kappa shape index (κ1) is 19.0. The summed E-state index contributed by atoms with van der Waals surface area (Å²) in [6, 6.07) is 17.7. The number of nitrogens with zero attached hydrogens (tertiary/aromatic N) is 3. The summed E-state index contributed by atoms with van der Waals surface area (Å²) in [5, 5.41) is 12.2. The molecule has 4 aromatic rings. The highest BCUT2D eigenvalue weighted by Gasteiger charge is 2.19. The molecule has 4 rings (SSSR count). The second-order valence-electron chi connectivity index (χ2n) is 6.93. The van der Waals surface area contributed by atoms with Crippen LogP contribution in [-0.4, -0.2) is 21.1 Å². The van der Waals surface area contributed by atoms with Gasteiger partial charge in [-0.15, -0.1) is 10.2 Å². The highest BCUT2D eigenvalue weighted by atomic mass is 32.1. The Hall–Kier alpha value is -3.32. The lowest BCUT2D eigenvalue weighted by atomic mass is 10.0. The molecule has 0 atom stereocenters. The zero-order chi connectivity index (χ0) is 20.4. The van der Waals surface area contributed by atoms with Gasteiger partial charge in [-0.05, 0) is 30.5 Å². The molecular weight excluding hydrogens is 384 g/mol. The largest absolute Gasteiger partial charge is 0.441 e. The van der Waals surface area contributed by atoms with E-state index in [4.69, 9.17) is 4.42 Å². The minimum absolute atomic E-state index is 0.238. The van der Waals surface area contributed by atoms with E-state index in [9.17, 15) is 4.79 Å². The Morgan fingerprint density at radius 1 is 1.00 bits per heavy atom. The molecule has 0 aliphatic heterocycles. The van der Waals surface area contributed by atoms with E-state index in [2.05, 4.69) is 46.5 Å². The van der Waals surface area contributed by atoms with Gasteiger partial charge < -0.3 is 4.42 Å². The van der Waals surface area contributed by atoms with E-state index in [1.165, 1.54) is 16.9 Å². The highest BCUT2D eigenvalue weighted by molar-refractivity contribution is 7.18. The number of carbonyl (C=O) groups excluding carboxylic acids is 1. The van der Waals surface area contributed by atoms with Crippen LogP contribution in [0.5, 0.6) is 0 Å². The number of aromatic nitrogens is 3. The number of amides is 1. The molecule has 0 saturated carbocycles. The van der Waals surface area contributed by atoms with Gasteiger partial charge in [-0.1, -0.05) is 67.6 Å². The average molecular weight is 404 g/mol. The maximum atomic E-state index is 12.7. The van der Waals surface area contributed by atoms with Crippen LogP contribution in [0.3, 0.4) is 0 Å². The van der Waals surface area contributed by atoms with Gasteiger partial charge in [0.15, 0.2) is 5.69 Å². The number of anilines is 1. The normalized spacial score (nSPS) is 11.0. The molecule has 0 unspecified atom stereocenters. The van der Waals surface area contributed by atoms with Crippen LogP contribution in [0, 0.1) is 6.92 Å². The van der Waals surface area contributed by atoms with Crippen LogP contribution in [0.2, 0.25) is 0 Å². The number of oxazole rings is 1. The lowest BCUT2D eigenvalue weighted by Gasteiger charge is -2.04. The predicted molar refractivity (Wildman–Crippen MR) is 114 cm³/mol. The quantitative estimate of drug-likeness (QED) is 0.472. The number of nitrogens with one attached hydrogen (secondary N) is 1. The molecule has 2 aromatic carbocycles. The highest BCUT2D eigenvalue weighted by Crippen LogP contribution is 2.28. The Bertz CT molecular complexity index is 1130. The Morgan fingerprint density at radius 2 is 1.72 bits per heavy atom. The predicted octanol–water partition coefficient (Wildman–Crippen LogP) is 5.54. The van der Waals surface area contributed by atoms with E-state index < -0.39 is 0 Å². The fourth-order valence-electron chi connectivity index (χ4n) is 2.87. The van der Waals surface area contributed by atoms with E-state index in [0.29, 0.717) is 22.7 Å². The molecule has 6 nitrogen and oxygen atoms in total. The Morgan fingerprint density at radius 3 is 2.41 bits per heavy atom. The smallest absolute Gasteiger partial charge is 0.279 e. The second kappa shape index (κ2) is 7.97. The van der Waals surface area contributed by atoms with Crippen LogP contribution in [0.15, 0.2) is 59.0 Å². The number of rotatable bonds is 5. The summed E-state index contributed by atoms with van der Waals surface area (Å²) in [5.74, 6) is 0.970. The van der Waals surface area contributed by atoms with Gasteiger partial charge in [0.25, 0.3) is 5.91 Å². The molecule has 2 heterocycles. The van der Waals surface area contributed by atoms with Crippen LogP contribution < -0.4 is 5.32 Å². The molecule has 1 N–H and O–H groups in total. The van der Waals surface area contributed by atoms with Crippen molar-refractivity contribution >= 4 is 22.4 Å². The molecule has 0 spiro atoms. The van der Waals surface area contributed by atoms with E-state index in [1.54, 1.807) is 6.92 Å². The fraction of sp³-hybridized carbons (Fsp3) is 0.182. The van der Waals surface area contributed by atoms with Gasteiger partial charge in [0.05, 0.1) is 0 Å². The maximum absolute atomic E-state index is 12.7. The maximum Gasteiger partial charge on any atom is 0.279 e. The first-order valence-corrected chi connectivity index (χ1v) is 10.1. The summed E-state index contributed by atoms with van der Waals surface area (Å²) in [7, 11) is 0. The average Bonchev–Trinajstić information content (AvgIpc) is 3.35. The van der Waals surface area contributed by atoms with Crippen molar-refractivity contribution in [2.75, 3.05) is 5.32 Å². The van der Waals surface area contributed by atoms with Gasteiger partial charge in [0.1, 0.15) is 10.8 Å². The van der Waals surface area contributed by atoms with E-state index in [0.717, 1.165) is 16.1 Å². The second-order valence-corrected chi connectivity index (χ2v) is 7.91. The van der Waals surface area contributed by atoms with Crippen molar-refractivity contribution in [1.29, 1.82) is 0 Å². The third-order valence-corrected chi connectivity index (χ3v) is 5.39. The first-order valence-electron chi connectivity index (χ1n) is 9.29. The van der Waals surface area contributed by atoms with E-state index in [-0.39, 0.29) is 11.6 Å². The molecule has 146 valence electrons. The summed E-state index contributed by atoms with van der Waals surface area (Å²) in [6.07, 6.45) is 0.